The third kappa shape index (κ3) is 2.74. The minimum Gasteiger partial charge on any atom is -0.408 e. The Bertz CT molecular complexity index is 1120. The first-order valence-electron chi connectivity index (χ1n) is 7.76. The van der Waals surface area contributed by atoms with Crippen LogP contribution < -0.4 is 11.1 Å². The van der Waals surface area contributed by atoms with Crippen LogP contribution in [-0.4, -0.2) is 15.0 Å². The molecule has 0 fully saturated rings. The lowest BCUT2D eigenvalue weighted by Crippen LogP contribution is -2.12. The number of fused-ring (bicyclic) bond motifs is 1. The number of benzene rings is 2. The predicted octanol–water partition coefficient (Wildman–Crippen LogP) is 3.17. The van der Waals surface area contributed by atoms with Crippen LogP contribution in [0.4, 0.5) is 5.69 Å². The molecule has 124 valence electrons. The first kappa shape index (κ1) is 15.0. The molecule has 0 unspecified atom stereocenters. The fraction of sp³-hybridized carbons (Fsp3) is 0.0526. The predicted molar refractivity (Wildman–Crippen MR) is 95.2 cm³/mol. The van der Waals surface area contributed by atoms with Gasteiger partial charge < -0.3 is 14.3 Å². The van der Waals surface area contributed by atoms with Crippen LogP contribution in [0.3, 0.4) is 0 Å². The van der Waals surface area contributed by atoms with Gasteiger partial charge in [0.15, 0.2) is 5.58 Å². The molecule has 0 spiro atoms. The SMILES string of the molecule is Cn1c(=O)oc2cc(NC(=O)c3cccc(-n4cccc4)c3)ccc21. The molecular formula is C19H15N3O3. The lowest BCUT2D eigenvalue weighted by molar-refractivity contribution is 0.102. The molecule has 2 aromatic carbocycles. The van der Waals surface area contributed by atoms with Crippen molar-refractivity contribution in [2.75, 3.05) is 5.32 Å². The second-order valence-electron chi connectivity index (χ2n) is 5.70. The largest absolute Gasteiger partial charge is 0.419 e. The zero-order chi connectivity index (χ0) is 17.4. The van der Waals surface area contributed by atoms with Crippen molar-refractivity contribution in [3.63, 3.8) is 0 Å². The summed E-state index contributed by atoms with van der Waals surface area (Å²) in [4.78, 5) is 24.1. The highest BCUT2D eigenvalue weighted by Gasteiger charge is 2.10. The molecule has 0 aliphatic rings. The normalized spacial score (nSPS) is 10.9. The van der Waals surface area contributed by atoms with Gasteiger partial charge in [-0.15, -0.1) is 0 Å². The lowest BCUT2D eigenvalue weighted by Gasteiger charge is -2.08. The van der Waals surface area contributed by atoms with Gasteiger partial charge in [0.05, 0.1) is 5.52 Å². The molecule has 1 N–H and O–H groups in total. The zero-order valence-corrected chi connectivity index (χ0v) is 13.5. The summed E-state index contributed by atoms with van der Waals surface area (Å²) in [6, 6.07) is 16.3. The van der Waals surface area contributed by atoms with E-state index in [0.29, 0.717) is 22.4 Å². The monoisotopic (exact) mass is 333 g/mol. The Morgan fingerprint density at radius 1 is 1.04 bits per heavy atom. The van der Waals surface area contributed by atoms with Gasteiger partial charge in [0, 0.05) is 42.4 Å². The fourth-order valence-corrected chi connectivity index (χ4v) is 2.73. The van der Waals surface area contributed by atoms with Gasteiger partial charge >= 0.3 is 5.76 Å². The van der Waals surface area contributed by atoms with E-state index >= 15 is 0 Å². The van der Waals surface area contributed by atoms with Crippen molar-refractivity contribution in [2.45, 2.75) is 0 Å². The Morgan fingerprint density at radius 3 is 2.64 bits per heavy atom. The molecule has 0 aliphatic carbocycles. The van der Waals surface area contributed by atoms with E-state index in [-0.39, 0.29) is 5.91 Å². The maximum absolute atomic E-state index is 12.5. The summed E-state index contributed by atoms with van der Waals surface area (Å²) in [7, 11) is 1.64. The third-order valence-corrected chi connectivity index (χ3v) is 4.06. The lowest BCUT2D eigenvalue weighted by atomic mass is 10.1. The maximum atomic E-state index is 12.5. The molecule has 0 radical (unpaired) electrons. The summed E-state index contributed by atoms with van der Waals surface area (Å²) >= 11 is 0. The summed E-state index contributed by atoms with van der Waals surface area (Å²) in [5, 5.41) is 2.83. The maximum Gasteiger partial charge on any atom is 0.419 e. The Balaban J connectivity index is 1.62. The molecule has 25 heavy (non-hydrogen) atoms. The summed E-state index contributed by atoms with van der Waals surface area (Å²) in [6.07, 6.45) is 3.84. The van der Waals surface area contributed by atoms with Gasteiger partial charge in [-0.25, -0.2) is 4.79 Å². The summed E-state index contributed by atoms with van der Waals surface area (Å²) in [6.45, 7) is 0. The number of carbonyl (C=O) groups excluding carboxylic acids is 1. The highest BCUT2D eigenvalue weighted by atomic mass is 16.4. The number of amides is 1. The second-order valence-corrected chi connectivity index (χ2v) is 5.70. The average molecular weight is 333 g/mol. The van der Waals surface area contributed by atoms with Crippen molar-refractivity contribution < 1.29 is 9.21 Å². The van der Waals surface area contributed by atoms with E-state index in [1.807, 2.05) is 47.3 Å². The number of aryl methyl sites for hydroxylation is 1. The van der Waals surface area contributed by atoms with Crippen molar-refractivity contribution in [1.29, 1.82) is 0 Å². The van der Waals surface area contributed by atoms with Crippen LogP contribution in [0, 0.1) is 0 Å². The van der Waals surface area contributed by atoms with Crippen molar-refractivity contribution in [1.82, 2.24) is 9.13 Å². The third-order valence-electron chi connectivity index (χ3n) is 4.06. The number of carbonyl (C=O) groups is 1. The molecule has 0 atom stereocenters. The summed E-state index contributed by atoms with van der Waals surface area (Å²) in [5.74, 6) is -0.662. The van der Waals surface area contributed by atoms with E-state index in [1.54, 1.807) is 31.3 Å². The van der Waals surface area contributed by atoms with Gasteiger partial charge in [-0.05, 0) is 42.5 Å². The van der Waals surface area contributed by atoms with Crippen molar-refractivity contribution >= 4 is 22.7 Å². The average Bonchev–Trinajstić information content (AvgIpc) is 3.24. The van der Waals surface area contributed by atoms with Gasteiger partial charge in [0.25, 0.3) is 5.91 Å². The standard InChI is InChI=1S/C19H15N3O3/c1-21-16-8-7-14(12-17(16)25-19(21)24)20-18(23)13-5-4-6-15(11-13)22-9-2-3-10-22/h2-12H,1H3,(H,20,23). The quantitative estimate of drug-likeness (QED) is 0.626. The minimum atomic E-state index is -0.432. The molecule has 1 amide bonds. The van der Waals surface area contributed by atoms with Crippen LogP contribution >= 0.6 is 0 Å². The highest BCUT2D eigenvalue weighted by molar-refractivity contribution is 6.05. The first-order valence-corrected chi connectivity index (χ1v) is 7.76. The molecule has 0 bridgehead atoms. The van der Waals surface area contributed by atoms with Crippen LogP contribution in [0.5, 0.6) is 0 Å². The Labute approximate surface area is 142 Å². The van der Waals surface area contributed by atoms with Crippen LogP contribution in [0.25, 0.3) is 16.8 Å². The van der Waals surface area contributed by atoms with Crippen LogP contribution in [-0.2, 0) is 7.05 Å². The smallest absolute Gasteiger partial charge is 0.408 e. The first-order chi connectivity index (χ1) is 12.1. The summed E-state index contributed by atoms with van der Waals surface area (Å²) < 4.78 is 8.50. The molecule has 0 saturated heterocycles. The Hall–Kier alpha value is -3.54. The molecule has 6 nitrogen and oxygen atoms in total. The number of rotatable bonds is 3. The highest BCUT2D eigenvalue weighted by Crippen LogP contribution is 2.19. The second kappa shape index (κ2) is 5.83. The number of hydrogen-bond donors (Lipinski definition) is 1. The number of aromatic nitrogens is 2. The van der Waals surface area contributed by atoms with E-state index in [1.165, 1.54) is 4.57 Å². The molecule has 2 aromatic heterocycles. The molecule has 0 aliphatic heterocycles. The van der Waals surface area contributed by atoms with E-state index in [9.17, 15) is 9.59 Å². The van der Waals surface area contributed by atoms with Crippen LogP contribution in [0.2, 0.25) is 0 Å². The molecule has 4 rings (SSSR count). The summed E-state index contributed by atoms with van der Waals surface area (Å²) in [5.41, 5.74) is 3.13. The number of oxazole rings is 1. The Morgan fingerprint density at radius 2 is 1.84 bits per heavy atom. The van der Waals surface area contributed by atoms with E-state index < -0.39 is 5.76 Å². The van der Waals surface area contributed by atoms with E-state index in [4.69, 9.17) is 4.42 Å². The van der Waals surface area contributed by atoms with E-state index in [2.05, 4.69) is 5.32 Å². The van der Waals surface area contributed by atoms with Gasteiger partial charge in [0.2, 0.25) is 0 Å². The van der Waals surface area contributed by atoms with Crippen LogP contribution in [0.15, 0.2) is 76.2 Å². The van der Waals surface area contributed by atoms with Gasteiger partial charge in [-0.3, -0.25) is 9.36 Å². The minimum absolute atomic E-state index is 0.230. The van der Waals surface area contributed by atoms with Crippen LogP contribution in [0.1, 0.15) is 10.4 Å². The number of hydrogen-bond acceptors (Lipinski definition) is 3. The molecule has 2 heterocycles. The number of anilines is 1. The number of nitrogens with zero attached hydrogens (tertiary/aromatic N) is 2. The van der Waals surface area contributed by atoms with Gasteiger partial charge in [0.1, 0.15) is 0 Å². The number of nitrogens with one attached hydrogen (secondary N) is 1. The van der Waals surface area contributed by atoms with Crippen molar-refractivity contribution in [2.24, 2.45) is 7.05 Å². The van der Waals surface area contributed by atoms with E-state index in [0.717, 1.165) is 5.69 Å². The van der Waals surface area contributed by atoms with Gasteiger partial charge in [-0.1, -0.05) is 6.07 Å². The zero-order valence-electron chi connectivity index (χ0n) is 13.5. The molecular weight excluding hydrogens is 318 g/mol. The molecule has 6 heteroatoms. The van der Waals surface area contributed by atoms with Gasteiger partial charge in [-0.2, -0.15) is 0 Å². The topological polar surface area (TPSA) is 69.2 Å². The fourth-order valence-electron chi connectivity index (χ4n) is 2.73. The molecule has 4 aromatic rings. The Kier molecular flexibility index (Phi) is 3.50. The molecule has 0 saturated carbocycles. The van der Waals surface area contributed by atoms with Crippen molar-refractivity contribution in [3.05, 3.63) is 83.1 Å². The van der Waals surface area contributed by atoms with Crippen molar-refractivity contribution in [3.8, 4) is 5.69 Å².